The summed E-state index contributed by atoms with van der Waals surface area (Å²) >= 11 is 0. The van der Waals surface area contributed by atoms with Crippen molar-refractivity contribution in [3.05, 3.63) is 42.5 Å². The van der Waals surface area contributed by atoms with Crippen molar-refractivity contribution in [1.29, 1.82) is 0 Å². The van der Waals surface area contributed by atoms with Gasteiger partial charge in [0, 0.05) is 5.56 Å². The Morgan fingerprint density at radius 1 is 1.14 bits per heavy atom. The average molecular weight is 315 g/mol. The second-order valence-electron chi connectivity index (χ2n) is 4.13. The molecule has 2 aromatic rings. The number of sulfonamides is 1. The third-order valence-electron chi connectivity index (χ3n) is 2.65. The fourth-order valence-corrected chi connectivity index (χ4v) is 2.34. The molecule has 0 fully saturated rings. The van der Waals surface area contributed by atoms with Crippen molar-refractivity contribution in [2.24, 2.45) is 5.14 Å². The molecule has 8 heteroatoms. The van der Waals surface area contributed by atoms with Gasteiger partial charge in [-0.3, -0.25) is 0 Å². The topological polar surface area (TPSA) is 89.6 Å². The van der Waals surface area contributed by atoms with E-state index in [9.17, 15) is 22.3 Å². The molecule has 3 N–H and O–H groups in total. The second-order valence-corrected chi connectivity index (χ2v) is 5.69. The predicted octanol–water partition coefficient (Wildman–Crippen LogP) is 2.31. The highest BCUT2D eigenvalue weighted by Crippen LogP contribution is 2.34. The fraction of sp³-hybridized carbons (Fsp3) is 0.0769. The van der Waals surface area contributed by atoms with Gasteiger partial charge in [0.1, 0.15) is 11.5 Å². The minimum Gasteiger partial charge on any atom is -0.508 e. The number of halogens is 2. The lowest BCUT2D eigenvalue weighted by molar-refractivity contribution is -0.0494. The molecule has 0 radical (unpaired) electrons. The molecule has 0 saturated heterocycles. The molecule has 0 aromatic heterocycles. The monoisotopic (exact) mass is 315 g/mol. The Labute approximate surface area is 119 Å². The number of benzene rings is 2. The summed E-state index contributed by atoms with van der Waals surface area (Å²) < 4.78 is 51.8. The Morgan fingerprint density at radius 3 is 2.48 bits per heavy atom. The van der Waals surface area contributed by atoms with Gasteiger partial charge in [-0.2, -0.15) is 8.78 Å². The first-order valence-electron chi connectivity index (χ1n) is 5.68. The van der Waals surface area contributed by atoms with Gasteiger partial charge < -0.3 is 9.84 Å². The molecule has 0 heterocycles. The molecule has 0 aliphatic heterocycles. The lowest BCUT2D eigenvalue weighted by Crippen LogP contribution is -2.12. The molecule has 0 atom stereocenters. The summed E-state index contributed by atoms with van der Waals surface area (Å²) in [5, 5.41) is 14.5. The summed E-state index contributed by atoms with van der Waals surface area (Å²) in [6.45, 7) is -3.05. The molecular formula is C13H11F2NO4S. The summed E-state index contributed by atoms with van der Waals surface area (Å²) in [4.78, 5) is -0.175. The van der Waals surface area contributed by atoms with Gasteiger partial charge in [-0.05, 0) is 35.9 Å². The molecule has 0 spiro atoms. The third kappa shape index (κ3) is 3.67. The van der Waals surface area contributed by atoms with Gasteiger partial charge in [0.05, 0.1) is 4.90 Å². The molecule has 0 saturated carbocycles. The SMILES string of the molecule is NS(=O)(=O)c1cccc(-c2cc(O)ccc2OC(F)F)c1. The molecule has 0 aliphatic carbocycles. The van der Waals surface area contributed by atoms with Crippen molar-refractivity contribution < 1.29 is 27.0 Å². The van der Waals surface area contributed by atoms with Crippen LogP contribution in [-0.4, -0.2) is 20.1 Å². The first-order valence-corrected chi connectivity index (χ1v) is 7.23. The largest absolute Gasteiger partial charge is 0.508 e. The van der Waals surface area contributed by atoms with Crippen LogP contribution in [0.4, 0.5) is 8.78 Å². The maximum absolute atomic E-state index is 12.4. The van der Waals surface area contributed by atoms with Crippen molar-refractivity contribution >= 4 is 10.0 Å². The number of phenolic OH excluding ortho intramolecular Hbond substituents is 1. The molecule has 112 valence electrons. The summed E-state index contributed by atoms with van der Waals surface area (Å²) in [5.74, 6) is -0.359. The normalized spacial score (nSPS) is 11.6. The quantitative estimate of drug-likeness (QED) is 0.906. The lowest BCUT2D eigenvalue weighted by atomic mass is 10.0. The number of rotatable bonds is 4. The number of nitrogens with two attached hydrogens (primary N) is 1. The van der Waals surface area contributed by atoms with Crippen LogP contribution in [0.25, 0.3) is 11.1 Å². The van der Waals surface area contributed by atoms with E-state index in [0.29, 0.717) is 0 Å². The Hall–Kier alpha value is -2.19. The zero-order valence-electron chi connectivity index (χ0n) is 10.5. The summed E-state index contributed by atoms with van der Waals surface area (Å²) in [6, 6.07) is 8.93. The highest BCUT2D eigenvalue weighted by molar-refractivity contribution is 7.89. The van der Waals surface area contributed by atoms with E-state index in [-0.39, 0.29) is 27.5 Å². The van der Waals surface area contributed by atoms with E-state index in [1.165, 1.54) is 42.5 Å². The van der Waals surface area contributed by atoms with Gasteiger partial charge in [-0.25, -0.2) is 13.6 Å². The van der Waals surface area contributed by atoms with Gasteiger partial charge >= 0.3 is 6.61 Å². The Balaban J connectivity index is 2.58. The van der Waals surface area contributed by atoms with Crippen LogP contribution in [0, 0.1) is 0 Å². The Bertz CT molecular complexity index is 763. The van der Waals surface area contributed by atoms with Crippen LogP contribution in [0.2, 0.25) is 0 Å². The molecule has 2 rings (SSSR count). The van der Waals surface area contributed by atoms with Crippen molar-refractivity contribution in [3.63, 3.8) is 0 Å². The van der Waals surface area contributed by atoms with Crippen LogP contribution in [0.15, 0.2) is 47.4 Å². The highest BCUT2D eigenvalue weighted by atomic mass is 32.2. The lowest BCUT2D eigenvalue weighted by Gasteiger charge is -2.12. The smallest absolute Gasteiger partial charge is 0.387 e. The van der Waals surface area contributed by atoms with Crippen molar-refractivity contribution in [1.82, 2.24) is 0 Å². The molecule has 0 unspecified atom stereocenters. The van der Waals surface area contributed by atoms with Gasteiger partial charge in [-0.1, -0.05) is 12.1 Å². The first kappa shape index (κ1) is 15.2. The van der Waals surface area contributed by atoms with E-state index < -0.39 is 16.6 Å². The molecule has 5 nitrogen and oxygen atoms in total. The predicted molar refractivity (Wildman–Crippen MR) is 71.5 cm³/mol. The summed E-state index contributed by atoms with van der Waals surface area (Å²) in [7, 11) is -3.93. The van der Waals surface area contributed by atoms with Gasteiger partial charge in [0.15, 0.2) is 0 Å². The number of phenols is 1. The maximum Gasteiger partial charge on any atom is 0.387 e. The van der Waals surface area contributed by atoms with Crippen LogP contribution < -0.4 is 9.88 Å². The Morgan fingerprint density at radius 2 is 1.86 bits per heavy atom. The minimum atomic E-state index is -3.93. The van der Waals surface area contributed by atoms with E-state index >= 15 is 0 Å². The standard InChI is InChI=1S/C13H11F2NO4S/c14-13(15)20-12-5-4-9(17)7-11(12)8-2-1-3-10(6-8)21(16,18)19/h1-7,13,17H,(H2,16,18,19). The van der Waals surface area contributed by atoms with Crippen molar-refractivity contribution in [2.75, 3.05) is 0 Å². The second kappa shape index (κ2) is 5.66. The summed E-state index contributed by atoms with van der Waals surface area (Å²) in [5.41, 5.74) is 0.397. The van der Waals surface area contributed by atoms with Gasteiger partial charge in [0.2, 0.25) is 10.0 Å². The van der Waals surface area contributed by atoms with Crippen molar-refractivity contribution in [2.45, 2.75) is 11.5 Å². The number of aromatic hydroxyl groups is 1. The number of alkyl halides is 2. The molecular weight excluding hydrogens is 304 g/mol. The minimum absolute atomic E-state index is 0.126. The molecule has 2 aromatic carbocycles. The zero-order valence-corrected chi connectivity index (χ0v) is 11.3. The maximum atomic E-state index is 12.4. The van der Waals surface area contributed by atoms with Crippen LogP contribution in [0.1, 0.15) is 0 Å². The van der Waals surface area contributed by atoms with Gasteiger partial charge in [-0.15, -0.1) is 0 Å². The van der Waals surface area contributed by atoms with Crippen LogP contribution in [-0.2, 0) is 10.0 Å². The Kier molecular flexibility index (Phi) is 4.10. The molecule has 0 aliphatic rings. The van der Waals surface area contributed by atoms with Gasteiger partial charge in [0.25, 0.3) is 0 Å². The number of ether oxygens (including phenoxy) is 1. The summed E-state index contributed by atoms with van der Waals surface area (Å²) in [6.07, 6.45) is 0. The van der Waals surface area contributed by atoms with Crippen LogP contribution >= 0.6 is 0 Å². The number of hydrogen-bond donors (Lipinski definition) is 2. The molecule has 0 amide bonds. The van der Waals surface area contributed by atoms with E-state index in [1.807, 2.05) is 0 Å². The average Bonchev–Trinajstić information content (AvgIpc) is 2.39. The zero-order chi connectivity index (χ0) is 15.6. The van der Waals surface area contributed by atoms with E-state index in [2.05, 4.69) is 4.74 Å². The fourth-order valence-electron chi connectivity index (χ4n) is 1.78. The highest BCUT2D eigenvalue weighted by Gasteiger charge is 2.14. The number of primary sulfonamides is 1. The number of hydrogen-bond acceptors (Lipinski definition) is 4. The van der Waals surface area contributed by atoms with E-state index in [0.717, 1.165) is 0 Å². The van der Waals surface area contributed by atoms with Crippen LogP contribution in [0.5, 0.6) is 11.5 Å². The first-order chi connectivity index (χ1) is 9.77. The van der Waals surface area contributed by atoms with E-state index in [1.54, 1.807) is 0 Å². The molecule has 0 bridgehead atoms. The third-order valence-corrected chi connectivity index (χ3v) is 3.56. The van der Waals surface area contributed by atoms with Crippen molar-refractivity contribution in [3.8, 4) is 22.6 Å². The van der Waals surface area contributed by atoms with Crippen LogP contribution in [0.3, 0.4) is 0 Å². The molecule has 21 heavy (non-hydrogen) atoms. The van der Waals surface area contributed by atoms with E-state index in [4.69, 9.17) is 5.14 Å².